The Labute approximate surface area is 272 Å². The van der Waals surface area contributed by atoms with E-state index in [4.69, 9.17) is 9.47 Å². The van der Waals surface area contributed by atoms with E-state index in [-0.39, 0.29) is 50.4 Å². The van der Waals surface area contributed by atoms with Gasteiger partial charge in [-0.15, -0.1) is 0 Å². The van der Waals surface area contributed by atoms with E-state index in [1.165, 1.54) is 4.90 Å². The van der Waals surface area contributed by atoms with Crippen molar-refractivity contribution in [2.24, 2.45) is 11.8 Å². The molecule has 2 fully saturated rings. The summed E-state index contributed by atoms with van der Waals surface area (Å²) in [6.07, 6.45) is 5.77. The number of esters is 1. The zero-order valence-electron chi connectivity index (χ0n) is 26.1. The monoisotopic (exact) mass is 686 g/mol. The fourth-order valence-electron chi connectivity index (χ4n) is 6.98. The van der Waals surface area contributed by atoms with Gasteiger partial charge in [0, 0.05) is 55.1 Å². The summed E-state index contributed by atoms with van der Waals surface area (Å²) in [6.45, 7) is 8.07. The van der Waals surface area contributed by atoms with Crippen molar-refractivity contribution in [2.45, 2.75) is 70.3 Å². The molecule has 244 valence electrons. The molecule has 0 radical (unpaired) electrons. The van der Waals surface area contributed by atoms with Crippen molar-refractivity contribution >= 4 is 51.0 Å². The van der Waals surface area contributed by atoms with Crippen LogP contribution < -0.4 is 15.1 Å². The minimum Gasteiger partial charge on any atom is -0.460 e. The molecule has 4 aliphatic rings. The molecular formula is C33H43BrN4O7. The summed E-state index contributed by atoms with van der Waals surface area (Å²) in [6, 6.07) is 6.71. The standard InChI is InChI=1S/C33H43BrN4O7/c1-4-36(5-2)22-12-14-23(15-13-22)37-16-8-6-7-11-25(40)35-20-21(3)44-32(43)26-27-30(41)38(17-9-10-18-39)29(31(37)42)33(27)19-24(34)28(26)45-33/h6,8,12-15,19,21,26-29,39H,4-5,7,9-11,16-18,20H2,1-3H3,(H,35,40)/b8-6-/t21-,26+,27-,28+,29+,33-/m1/s1. The third kappa shape index (κ3) is 6.29. The average molecular weight is 688 g/mol. The van der Waals surface area contributed by atoms with Gasteiger partial charge in [-0.1, -0.05) is 28.1 Å². The average Bonchev–Trinajstić information content (AvgIpc) is 3.61. The Kier molecular flexibility index (Phi) is 10.3. The minimum atomic E-state index is -1.38. The smallest absolute Gasteiger partial charge is 0.313 e. The van der Waals surface area contributed by atoms with Crippen LogP contribution in [0.2, 0.25) is 0 Å². The number of hydrogen-bond donors (Lipinski definition) is 2. The van der Waals surface area contributed by atoms with Crippen molar-refractivity contribution < 1.29 is 33.8 Å². The van der Waals surface area contributed by atoms with E-state index in [2.05, 4.69) is 40.0 Å². The molecule has 4 aliphatic heterocycles. The Hall–Kier alpha value is -3.22. The van der Waals surface area contributed by atoms with Crippen LogP contribution in [-0.2, 0) is 28.7 Å². The molecule has 11 nitrogen and oxygen atoms in total. The molecular weight excluding hydrogens is 644 g/mol. The SMILES string of the molecule is CCN(CC)c1ccc(N2C/C=C\CCC(=O)NC[C@@H](C)OC(=O)[C@@H]3[C@H]4O[C@@]5(C=C4Br)[C@H](C2=O)N(CCCCO)C(=O)[C@@H]35)cc1. The number of rotatable bonds is 8. The second kappa shape index (κ2) is 14.0. The molecule has 2 saturated heterocycles. The second-order valence-electron chi connectivity index (χ2n) is 12.0. The number of ether oxygens (including phenoxy) is 2. The number of aliphatic hydroxyl groups excluding tert-OH is 1. The molecule has 1 spiro atoms. The van der Waals surface area contributed by atoms with Crippen LogP contribution in [0.4, 0.5) is 11.4 Å². The predicted octanol–water partition coefficient (Wildman–Crippen LogP) is 2.91. The first-order valence-corrected chi connectivity index (χ1v) is 16.7. The lowest BCUT2D eigenvalue weighted by Gasteiger charge is -2.36. The summed E-state index contributed by atoms with van der Waals surface area (Å²) >= 11 is 3.57. The fourth-order valence-corrected chi connectivity index (χ4v) is 7.72. The first-order valence-electron chi connectivity index (χ1n) is 15.9. The molecule has 6 atom stereocenters. The maximum atomic E-state index is 14.9. The molecule has 1 aromatic carbocycles. The largest absolute Gasteiger partial charge is 0.460 e. The van der Waals surface area contributed by atoms with Gasteiger partial charge in [0.1, 0.15) is 29.8 Å². The molecule has 12 heteroatoms. The van der Waals surface area contributed by atoms with Gasteiger partial charge in [0.25, 0.3) is 5.91 Å². The molecule has 5 bridgehead atoms. The first-order chi connectivity index (χ1) is 21.7. The number of carbonyl (C=O) groups is 4. The molecule has 0 aliphatic carbocycles. The minimum absolute atomic E-state index is 0.0432. The molecule has 0 unspecified atom stereocenters. The van der Waals surface area contributed by atoms with Gasteiger partial charge in [0.15, 0.2) is 0 Å². The third-order valence-electron chi connectivity index (χ3n) is 9.19. The summed E-state index contributed by atoms with van der Waals surface area (Å²) in [5.41, 5.74) is 0.303. The number of aliphatic hydroxyl groups is 1. The number of cyclic esters (lactones) is 1. The molecule has 1 aromatic rings. The first kappa shape index (κ1) is 33.2. The van der Waals surface area contributed by atoms with Crippen molar-refractivity contribution in [1.82, 2.24) is 10.2 Å². The second-order valence-corrected chi connectivity index (χ2v) is 12.9. The zero-order valence-corrected chi connectivity index (χ0v) is 27.7. The van der Waals surface area contributed by atoms with Gasteiger partial charge in [0.05, 0.1) is 12.5 Å². The van der Waals surface area contributed by atoms with Gasteiger partial charge < -0.3 is 34.6 Å². The highest BCUT2D eigenvalue weighted by Crippen LogP contribution is 2.59. The maximum absolute atomic E-state index is 14.9. The van der Waals surface area contributed by atoms with Crippen LogP contribution in [0.15, 0.2) is 47.0 Å². The van der Waals surface area contributed by atoms with Crippen molar-refractivity contribution in [3.05, 3.63) is 47.0 Å². The van der Waals surface area contributed by atoms with E-state index in [0.717, 1.165) is 18.8 Å². The fraction of sp³-hybridized carbons (Fsp3) is 0.576. The molecule has 4 heterocycles. The summed E-state index contributed by atoms with van der Waals surface area (Å²) in [5.74, 6) is -3.39. The topological polar surface area (TPSA) is 129 Å². The highest BCUT2D eigenvalue weighted by molar-refractivity contribution is 9.11. The number of nitrogens with one attached hydrogen (secondary N) is 1. The number of hydrogen-bond acceptors (Lipinski definition) is 8. The summed E-state index contributed by atoms with van der Waals surface area (Å²) < 4.78 is 12.9. The molecule has 5 rings (SSSR count). The normalized spacial score (nSPS) is 31.0. The van der Waals surface area contributed by atoms with E-state index >= 15 is 0 Å². The number of nitrogens with zero attached hydrogens (tertiary/aromatic N) is 3. The highest BCUT2D eigenvalue weighted by Gasteiger charge is 2.74. The van der Waals surface area contributed by atoms with E-state index in [1.807, 2.05) is 36.4 Å². The summed E-state index contributed by atoms with van der Waals surface area (Å²) in [7, 11) is 0. The van der Waals surface area contributed by atoms with Gasteiger partial charge in [-0.3, -0.25) is 19.2 Å². The number of unbranched alkanes of at least 4 members (excludes halogenated alkanes) is 1. The summed E-state index contributed by atoms with van der Waals surface area (Å²) in [4.78, 5) is 60.6. The van der Waals surface area contributed by atoms with E-state index in [0.29, 0.717) is 29.4 Å². The highest BCUT2D eigenvalue weighted by atomic mass is 79.9. The number of allylic oxidation sites excluding steroid dienone is 1. The Balaban J connectivity index is 1.59. The predicted molar refractivity (Wildman–Crippen MR) is 173 cm³/mol. The van der Waals surface area contributed by atoms with Crippen molar-refractivity contribution in [2.75, 3.05) is 49.1 Å². The molecule has 3 amide bonds. The van der Waals surface area contributed by atoms with Gasteiger partial charge in [-0.2, -0.15) is 0 Å². The third-order valence-corrected chi connectivity index (χ3v) is 9.87. The Morgan fingerprint density at radius 1 is 1.07 bits per heavy atom. The Morgan fingerprint density at radius 3 is 2.49 bits per heavy atom. The molecule has 2 N–H and O–H groups in total. The lowest BCUT2D eigenvalue weighted by atomic mass is 9.74. The van der Waals surface area contributed by atoms with E-state index < -0.39 is 41.7 Å². The van der Waals surface area contributed by atoms with Crippen LogP contribution in [0.3, 0.4) is 0 Å². The lowest BCUT2D eigenvalue weighted by Crippen LogP contribution is -2.56. The van der Waals surface area contributed by atoms with E-state index in [9.17, 15) is 24.3 Å². The number of likely N-dealkylation sites (tertiary alicyclic amines) is 1. The van der Waals surface area contributed by atoms with Crippen LogP contribution in [0.25, 0.3) is 0 Å². The van der Waals surface area contributed by atoms with Gasteiger partial charge in [0.2, 0.25) is 11.8 Å². The quantitative estimate of drug-likeness (QED) is 0.243. The Morgan fingerprint density at radius 2 is 1.80 bits per heavy atom. The number of amides is 3. The van der Waals surface area contributed by atoms with Gasteiger partial charge in [-0.25, -0.2) is 0 Å². The van der Waals surface area contributed by atoms with Crippen LogP contribution in [0.1, 0.15) is 46.5 Å². The zero-order chi connectivity index (χ0) is 32.3. The Bertz CT molecular complexity index is 1350. The number of halogens is 1. The van der Waals surface area contributed by atoms with Crippen molar-refractivity contribution in [3.8, 4) is 0 Å². The molecule has 0 saturated carbocycles. The van der Waals surface area contributed by atoms with Crippen LogP contribution in [0.5, 0.6) is 0 Å². The van der Waals surface area contributed by atoms with Crippen molar-refractivity contribution in [1.29, 1.82) is 0 Å². The van der Waals surface area contributed by atoms with E-state index in [1.54, 1.807) is 17.9 Å². The van der Waals surface area contributed by atoms with Crippen LogP contribution in [0, 0.1) is 11.8 Å². The van der Waals surface area contributed by atoms with Crippen molar-refractivity contribution in [3.63, 3.8) is 0 Å². The number of carbonyl (C=O) groups excluding carboxylic acids is 4. The number of benzene rings is 1. The number of fused-ring (bicyclic) bond motifs is 2. The molecule has 0 aromatic heterocycles. The maximum Gasteiger partial charge on any atom is 0.313 e. The van der Waals surface area contributed by atoms with Gasteiger partial charge in [-0.05, 0) is 70.4 Å². The molecule has 45 heavy (non-hydrogen) atoms. The number of anilines is 2. The van der Waals surface area contributed by atoms with Gasteiger partial charge >= 0.3 is 5.97 Å². The van der Waals surface area contributed by atoms with Crippen LogP contribution in [-0.4, -0.2) is 96.9 Å². The van der Waals surface area contributed by atoms with Crippen LogP contribution >= 0.6 is 15.9 Å². The summed E-state index contributed by atoms with van der Waals surface area (Å²) in [5, 5.41) is 12.3. The lowest BCUT2D eigenvalue weighted by molar-refractivity contribution is -0.158.